The van der Waals surface area contributed by atoms with Crippen LogP contribution in [0.3, 0.4) is 0 Å². The summed E-state index contributed by atoms with van der Waals surface area (Å²) in [6.45, 7) is 1.69. The van der Waals surface area contributed by atoms with E-state index in [1.54, 1.807) is 12.1 Å². The molecule has 3 nitrogen and oxygen atoms in total. The van der Waals surface area contributed by atoms with Crippen LogP contribution >= 0.6 is 11.6 Å². The van der Waals surface area contributed by atoms with Gasteiger partial charge in [-0.15, -0.1) is 0 Å². The third-order valence-electron chi connectivity index (χ3n) is 3.75. The molecule has 0 spiro atoms. The number of rotatable bonds is 4. The highest BCUT2D eigenvalue weighted by atomic mass is 35.5. The number of hydrogen-bond donors (Lipinski definition) is 2. The van der Waals surface area contributed by atoms with Gasteiger partial charge in [-0.05, 0) is 55.8 Å². The van der Waals surface area contributed by atoms with Crippen molar-refractivity contribution in [1.82, 2.24) is 5.32 Å². The minimum atomic E-state index is -0.0933. The van der Waals surface area contributed by atoms with E-state index in [0.29, 0.717) is 16.5 Å². The van der Waals surface area contributed by atoms with E-state index in [4.69, 9.17) is 16.9 Å². The Labute approximate surface area is 119 Å². The standard InChI is InChI=1S/C15H19ClN2O/c16-15-7-12(8-17)1-4-13(15)10-18-9-11-2-5-14(19)6-3-11/h1,4,7,11,14,18-19H,2-3,5-6,9-10H2. The molecular formula is C15H19ClN2O. The normalized spacial score (nSPS) is 23.0. The van der Waals surface area contributed by atoms with Gasteiger partial charge in [-0.1, -0.05) is 17.7 Å². The van der Waals surface area contributed by atoms with Crippen LogP contribution in [0.2, 0.25) is 5.02 Å². The molecule has 0 heterocycles. The summed E-state index contributed by atoms with van der Waals surface area (Å²) in [6.07, 6.45) is 3.93. The lowest BCUT2D eigenvalue weighted by atomic mass is 9.87. The summed E-state index contributed by atoms with van der Waals surface area (Å²) < 4.78 is 0. The predicted molar refractivity (Wildman–Crippen MR) is 75.8 cm³/mol. The molecule has 1 aliphatic rings. The van der Waals surface area contributed by atoms with E-state index in [-0.39, 0.29) is 6.10 Å². The van der Waals surface area contributed by atoms with Crippen molar-refractivity contribution in [2.24, 2.45) is 5.92 Å². The fraction of sp³-hybridized carbons (Fsp3) is 0.533. The average Bonchev–Trinajstić information content (AvgIpc) is 2.42. The fourth-order valence-electron chi connectivity index (χ4n) is 2.52. The third kappa shape index (κ3) is 4.21. The second-order valence-corrected chi connectivity index (χ2v) is 5.63. The van der Waals surface area contributed by atoms with Crippen LogP contribution in [0.1, 0.15) is 36.8 Å². The summed E-state index contributed by atoms with van der Waals surface area (Å²) in [5.41, 5.74) is 1.62. The largest absolute Gasteiger partial charge is 0.393 e. The Kier molecular flexibility index (Phi) is 5.21. The number of aliphatic hydroxyl groups is 1. The molecule has 0 aromatic heterocycles. The van der Waals surface area contributed by atoms with E-state index >= 15 is 0 Å². The van der Waals surface area contributed by atoms with Gasteiger partial charge in [-0.2, -0.15) is 5.26 Å². The Balaban J connectivity index is 1.78. The molecule has 2 N–H and O–H groups in total. The van der Waals surface area contributed by atoms with Gasteiger partial charge in [0.15, 0.2) is 0 Å². The first-order valence-corrected chi connectivity index (χ1v) is 7.14. The molecule has 1 aliphatic carbocycles. The lowest BCUT2D eigenvalue weighted by molar-refractivity contribution is 0.108. The average molecular weight is 279 g/mol. The maximum atomic E-state index is 9.45. The molecule has 0 radical (unpaired) electrons. The van der Waals surface area contributed by atoms with Crippen LogP contribution in [0.15, 0.2) is 18.2 Å². The molecule has 102 valence electrons. The Hall–Kier alpha value is -1.08. The highest BCUT2D eigenvalue weighted by molar-refractivity contribution is 6.31. The lowest BCUT2D eigenvalue weighted by Gasteiger charge is -2.25. The number of halogens is 1. The first kappa shape index (κ1) is 14.3. The number of nitrogens with zero attached hydrogens (tertiary/aromatic N) is 1. The maximum Gasteiger partial charge on any atom is 0.0992 e. The van der Waals surface area contributed by atoms with E-state index in [9.17, 15) is 5.11 Å². The number of hydrogen-bond acceptors (Lipinski definition) is 3. The van der Waals surface area contributed by atoms with Crippen molar-refractivity contribution in [2.45, 2.75) is 38.3 Å². The van der Waals surface area contributed by atoms with Gasteiger partial charge in [-0.3, -0.25) is 0 Å². The van der Waals surface area contributed by atoms with Gasteiger partial charge in [0.1, 0.15) is 0 Å². The number of benzene rings is 1. The molecule has 1 saturated carbocycles. The third-order valence-corrected chi connectivity index (χ3v) is 4.10. The van der Waals surface area contributed by atoms with E-state index in [0.717, 1.165) is 44.3 Å². The number of aliphatic hydroxyl groups excluding tert-OH is 1. The van der Waals surface area contributed by atoms with Crippen LogP contribution in [0.5, 0.6) is 0 Å². The minimum Gasteiger partial charge on any atom is -0.393 e. The molecule has 4 heteroatoms. The van der Waals surface area contributed by atoms with Crippen LogP contribution in [0.4, 0.5) is 0 Å². The van der Waals surface area contributed by atoms with Crippen molar-refractivity contribution in [3.8, 4) is 6.07 Å². The zero-order valence-electron chi connectivity index (χ0n) is 10.9. The molecule has 2 rings (SSSR count). The summed E-state index contributed by atoms with van der Waals surface area (Å²) in [6, 6.07) is 7.48. The Morgan fingerprint density at radius 1 is 1.32 bits per heavy atom. The summed E-state index contributed by atoms with van der Waals surface area (Å²) in [4.78, 5) is 0. The summed E-state index contributed by atoms with van der Waals surface area (Å²) >= 11 is 6.12. The lowest BCUT2D eigenvalue weighted by Crippen LogP contribution is -2.27. The fourth-order valence-corrected chi connectivity index (χ4v) is 2.77. The Morgan fingerprint density at radius 3 is 2.68 bits per heavy atom. The van der Waals surface area contributed by atoms with Gasteiger partial charge in [-0.25, -0.2) is 0 Å². The topological polar surface area (TPSA) is 56.0 Å². The molecular weight excluding hydrogens is 260 g/mol. The predicted octanol–water partition coefficient (Wildman–Crippen LogP) is 2.85. The van der Waals surface area contributed by atoms with Gasteiger partial charge in [0.05, 0.1) is 17.7 Å². The second kappa shape index (κ2) is 6.91. The zero-order valence-corrected chi connectivity index (χ0v) is 11.7. The molecule has 0 unspecified atom stereocenters. The van der Waals surface area contributed by atoms with E-state index < -0.39 is 0 Å². The molecule has 1 fully saturated rings. The zero-order chi connectivity index (χ0) is 13.7. The van der Waals surface area contributed by atoms with Crippen LogP contribution < -0.4 is 5.32 Å². The molecule has 0 atom stereocenters. The van der Waals surface area contributed by atoms with Crippen LogP contribution in [0, 0.1) is 17.2 Å². The molecule has 0 amide bonds. The molecule has 0 saturated heterocycles. The van der Waals surface area contributed by atoms with Crippen molar-refractivity contribution in [1.29, 1.82) is 5.26 Å². The molecule has 0 bridgehead atoms. The summed E-state index contributed by atoms with van der Waals surface area (Å²) in [5.74, 6) is 0.653. The molecule has 19 heavy (non-hydrogen) atoms. The van der Waals surface area contributed by atoms with Crippen molar-refractivity contribution in [3.63, 3.8) is 0 Å². The Morgan fingerprint density at radius 2 is 2.05 bits per heavy atom. The first-order chi connectivity index (χ1) is 9.19. The van der Waals surface area contributed by atoms with Crippen molar-refractivity contribution >= 4 is 11.6 Å². The second-order valence-electron chi connectivity index (χ2n) is 5.22. The quantitative estimate of drug-likeness (QED) is 0.890. The first-order valence-electron chi connectivity index (χ1n) is 6.76. The van der Waals surface area contributed by atoms with Gasteiger partial charge >= 0.3 is 0 Å². The Bertz CT molecular complexity index is 462. The highest BCUT2D eigenvalue weighted by Crippen LogP contribution is 2.24. The minimum absolute atomic E-state index is 0.0933. The van der Waals surface area contributed by atoms with E-state index in [1.165, 1.54) is 0 Å². The monoisotopic (exact) mass is 278 g/mol. The van der Waals surface area contributed by atoms with Crippen molar-refractivity contribution < 1.29 is 5.11 Å². The van der Waals surface area contributed by atoms with Gasteiger partial charge < -0.3 is 10.4 Å². The molecule has 1 aromatic carbocycles. The molecule has 1 aromatic rings. The van der Waals surface area contributed by atoms with Crippen molar-refractivity contribution in [2.75, 3.05) is 6.54 Å². The van der Waals surface area contributed by atoms with Gasteiger partial charge in [0.2, 0.25) is 0 Å². The smallest absolute Gasteiger partial charge is 0.0992 e. The van der Waals surface area contributed by atoms with Crippen LogP contribution in [0.25, 0.3) is 0 Å². The number of nitrogens with one attached hydrogen (secondary N) is 1. The highest BCUT2D eigenvalue weighted by Gasteiger charge is 2.18. The van der Waals surface area contributed by atoms with E-state index in [1.807, 2.05) is 6.07 Å². The summed E-state index contributed by atoms with van der Waals surface area (Å²) in [7, 11) is 0. The number of nitriles is 1. The molecule has 0 aliphatic heterocycles. The summed E-state index contributed by atoms with van der Waals surface area (Å²) in [5, 5.41) is 22.3. The van der Waals surface area contributed by atoms with Gasteiger partial charge in [0, 0.05) is 11.6 Å². The van der Waals surface area contributed by atoms with Gasteiger partial charge in [0.25, 0.3) is 0 Å². The van der Waals surface area contributed by atoms with E-state index in [2.05, 4.69) is 11.4 Å². The maximum absolute atomic E-state index is 9.45. The van der Waals surface area contributed by atoms with Crippen LogP contribution in [-0.4, -0.2) is 17.8 Å². The van der Waals surface area contributed by atoms with Crippen LogP contribution in [-0.2, 0) is 6.54 Å². The SMILES string of the molecule is N#Cc1ccc(CNCC2CCC(O)CC2)c(Cl)c1. The van der Waals surface area contributed by atoms with Crippen molar-refractivity contribution in [3.05, 3.63) is 34.3 Å².